The lowest BCUT2D eigenvalue weighted by molar-refractivity contribution is 0.875. The third kappa shape index (κ3) is 3.02. The van der Waals surface area contributed by atoms with Gasteiger partial charge in [-0.1, -0.05) is 18.2 Å². The monoisotopic (exact) mass is 252 g/mol. The highest BCUT2D eigenvalue weighted by atomic mass is 15.0. The first-order valence-corrected chi connectivity index (χ1v) is 6.10. The van der Waals surface area contributed by atoms with Crippen molar-refractivity contribution in [2.75, 3.05) is 11.1 Å². The Kier molecular flexibility index (Phi) is 3.67. The van der Waals surface area contributed by atoms with E-state index in [1.54, 1.807) is 12.1 Å². The highest BCUT2D eigenvalue weighted by molar-refractivity contribution is 5.52. The predicted octanol–water partition coefficient (Wildman–Crippen LogP) is 3.02. The molecule has 4 heteroatoms. The number of nitriles is 1. The molecule has 1 heterocycles. The fourth-order valence-corrected chi connectivity index (χ4v) is 2.01. The van der Waals surface area contributed by atoms with Gasteiger partial charge in [0.25, 0.3) is 0 Å². The molecule has 1 aromatic carbocycles. The second-order valence-corrected chi connectivity index (χ2v) is 4.49. The molecule has 1 atom stereocenters. The number of pyridine rings is 1. The molecule has 0 saturated carbocycles. The van der Waals surface area contributed by atoms with Gasteiger partial charge in [0.1, 0.15) is 5.82 Å². The van der Waals surface area contributed by atoms with Crippen LogP contribution in [0.1, 0.15) is 29.8 Å². The van der Waals surface area contributed by atoms with Crippen LogP contribution >= 0.6 is 0 Å². The number of para-hydroxylation sites is 1. The van der Waals surface area contributed by atoms with Crippen molar-refractivity contribution in [1.82, 2.24) is 4.98 Å². The number of nitrogen functional groups attached to an aromatic ring is 1. The van der Waals surface area contributed by atoms with E-state index in [-0.39, 0.29) is 6.04 Å². The summed E-state index contributed by atoms with van der Waals surface area (Å²) in [5, 5.41) is 12.2. The topological polar surface area (TPSA) is 74.7 Å². The zero-order chi connectivity index (χ0) is 13.8. The van der Waals surface area contributed by atoms with Crippen LogP contribution in [0.3, 0.4) is 0 Å². The molecule has 0 aliphatic heterocycles. The fourth-order valence-electron chi connectivity index (χ4n) is 2.01. The Morgan fingerprint density at radius 1 is 1.32 bits per heavy atom. The van der Waals surface area contributed by atoms with E-state index in [4.69, 9.17) is 11.0 Å². The maximum Gasteiger partial charge on any atom is 0.127 e. The van der Waals surface area contributed by atoms with E-state index in [1.165, 1.54) is 0 Å². The van der Waals surface area contributed by atoms with Gasteiger partial charge in [-0.3, -0.25) is 0 Å². The van der Waals surface area contributed by atoms with E-state index in [1.807, 2.05) is 38.1 Å². The number of nitrogens with zero attached hydrogens (tertiary/aromatic N) is 2. The average molecular weight is 252 g/mol. The summed E-state index contributed by atoms with van der Waals surface area (Å²) in [6.07, 6.45) is 0. The minimum absolute atomic E-state index is 0.0297. The van der Waals surface area contributed by atoms with Gasteiger partial charge in [-0.25, -0.2) is 4.98 Å². The number of rotatable bonds is 3. The first-order valence-electron chi connectivity index (χ1n) is 6.10. The maximum absolute atomic E-state index is 8.96. The molecule has 19 heavy (non-hydrogen) atoms. The normalized spacial score (nSPS) is 11.6. The van der Waals surface area contributed by atoms with E-state index in [0.29, 0.717) is 11.4 Å². The zero-order valence-electron chi connectivity index (χ0n) is 11.0. The van der Waals surface area contributed by atoms with Crippen LogP contribution in [-0.2, 0) is 0 Å². The number of nitrogens with two attached hydrogens (primary N) is 1. The molecule has 0 saturated heterocycles. The summed E-state index contributed by atoms with van der Waals surface area (Å²) in [4.78, 5) is 4.37. The lowest BCUT2D eigenvalue weighted by atomic mass is 10.1. The first kappa shape index (κ1) is 12.9. The molecule has 0 aliphatic carbocycles. The van der Waals surface area contributed by atoms with Gasteiger partial charge in [0.15, 0.2) is 0 Å². The van der Waals surface area contributed by atoms with Crippen molar-refractivity contribution in [2.45, 2.75) is 19.9 Å². The summed E-state index contributed by atoms with van der Waals surface area (Å²) in [5.41, 5.74) is 9.13. The van der Waals surface area contributed by atoms with Crippen molar-refractivity contribution < 1.29 is 0 Å². The van der Waals surface area contributed by atoms with Crippen LogP contribution in [0.5, 0.6) is 0 Å². The third-order valence-corrected chi connectivity index (χ3v) is 2.91. The molecule has 1 unspecified atom stereocenters. The zero-order valence-corrected chi connectivity index (χ0v) is 11.0. The number of anilines is 2. The maximum atomic E-state index is 8.96. The quantitative estimate of drug-likeness (QED) is 0.823. The smallest absolute Gasteiger partial charge is 0.127 e. The summed E-state index contributed by atoms with van der Waals surface area (Å²) in [7, 11) is 0. The fraction of sp³-hybridized carbons (Fsp3) is 0.200. The lowest BCUT2D eigenvalue weighted by Gasteiger charge is -2.17. The van der Waals surface area contributed by atoms with Crippen LogP contribution in [-0.4, -0.2) is 4.98 Å². The molecule has 2 rings (SSSR count). The Balaban J connectivity index is 2.24. The van der Waals surface area contributed by atoms with Crippen LogP contribution < -0.4 is 11.1 Å². The Bertz CT molecular complexity index is 628. The van der Waals surface area contributed by atoms with Crippen LogP contribution in [0.2, 0.25) is 0 Å². The Labute approximate surface area is 112 Å². The highest BCUT2D eigenvalue weighted by Gasteiger charge is 2.09. The van der Waals surface area contributed by atoms with Crippen LogP contribution in [0.4, 0.5) is 11.5 Å². The molecule has 0 spiro atoms. The van der Waals surface area contributed by atoms with E-state index in [0.717, 1.165) is 16.9 Å². The van der Waals surface area contributed by atoms with Gasteiger partial charge in [0.05, 0.1) is 17.7 Å². The molecule has 2 aromatic rings. The number of aromatic nitrogens is 1. The molecule has 3 N–H and O–H groups in total. The Morgan fingerprint density at radius 2 is 2.05 bits per heavy atom. The summed E-state index contributed by atoms with van der Waals surface area (Å²) in [5.74, 6) is 0.687. The molecule has 1 aromatic heterocycles. The number of nitrogens with one attached hydrogen (secondary N) is 1. The Morgan fingerprint density at radius 3 is 2.74 bits per heavy atom. The number of aryl methyl sites for hydroxylation is 1. The molecule has 0 fully saturated rings. The van der Waals surface area contributed by atoms with Crippen molar-refractivity contribution in [3.8, 4) is 6.07 Å². The summed E-state index contributed by atoms with van der Waals surface area (Å²) >= 11 is 0. The van der Waals surface area contributed by atoms with Gasteiger partial charge in [0, 0.05) is 11.4 Å². The van der Waals surface area contributed by atoms with Crippen LogP contribution in [0.15, 0.2) is 36.4 Å². The number of hydrogen-bond donors (Lipinski definition) is 2. The summed E-state index contributed by atoms with van der Waals surface area (Å²) in [6.45, 7) is 3.88. The minimum atomic E-state index is 0.0297. The first-order chi connectivity index (χ1) is 9.10. The molecule has 4 nitrogen and oxygen atoms in total. The molecular weight excluding hydrogens is 236 g/mol. The van der Waals surface area contributed by atoms with Crippen molar-refractivity contribution >= 4 is 11.5 Å². The van der Waals surface area contributed by atoms with Crippen molar-refractivity contribution in [1.29, 1.82) is 5.26 Å². The van der Waals surface area contributed by atoms with Gasteiger partial charge in [-0.15, -0.1) is 0 Å². The number of benzene rings is 1. The van der Waals surface area contributed by atoms with Crippen LogP contribution in [0.25, 0.3) is 0 Å². The second-order valence-electron chi connectivity index (χ2n) is 4.49. The van der Waals surface area contributed by atoms with E-state index < -0.39 is 0 Å². The van der Waals surface area contributed by atoms with Crippen molar-refractivity contribution in [3.05, 3.63) is 53.2 Å². The molecular formula is C15H16N4. The van der Waals surface area contributed by atoms with Gasteiger partial charge in [-0.05, 0) is 37.6 Å². The van der Waals surface area contributed by atoms with Gasteiger partial charge in [-0.2, -0.15) is 5.26 Å². The van der Waals surface area contributed by atoms with E-state index in [9.17, 15) is 0 Å². The highest BCUT2D eigenvalue weighted by Crippen LogP contribution is 2.23. The van der Waals surface area contributed by atoms with E-state index >= 15 is 0 Å². The van der Waals surface area contributed by atoms with Crippen LogP contribution in [0, 0.1) is 18.3 Å². The number of hydrogen-bond acceptors (Lipinski definition) is 4. The molecule has 0 bridgehead atoms. The predicted molar refractivity (Wildman–Crippen MR) is 76.6 cm³/mol. The average Bonchev–Trinajstić information content (AvgIpc) is 2.38. The largest absolute Gasteiger partial charge is 0.398 e. The standard InChI is InChI=1S/C15H16N4/c1-10-7-12(9-16)8-15(18-10)19-11(2)13-5-3-4-6-14(13)17/h3-8,11H,17H2,1-2H3,(H,18,19). The summed E-state index contributed by atoms with van der Waals surface area (Å²) in [6, 6.07) is 13.4. The van der Waals surface area contributed by atoms with Gasteiger partial charge in [0.2, 0.25) is 0 Å². The second kappa shape index (κ2) is 5.40. The SMILES string of the molecule is Cc1cc(C#N)cc(NC(C)c2ccccc2N)n1. The molecule has 0 aliphatic rings. The lowest BCUT2D eigenvalue weighted by Crippen LogP contribution is -2.10. The summed E-state index contributed by atoms with van der Waals surface area (Å²) < 4.78 is 0. The third-order valence-electron chi connectivity index (χ3n) is 2.91. The minimum Gasteiger partial charge on any atom is -0.398 e. The molecule has 96 valence electrons. The Hall–Kier alpha value is -2.54. The molecule has 0 amide bonds. The van der Waals surface area contributed by atoms with Crippen molar-refractivity contribution in [3.63, 3.8) is 0 Å². The van der Waals surface area contributed by atoms with E-state index in [2.05, 4.69) is 16.4 Å². The van der Waals surface area contributed by atoms with Gasteiger partial charge >= 0.3 is 0 Å². The van der Waals surface area contributed by atoms with Gasteiger partial charge < -0.3 is 11.1 Å². The van der Waals surface area contributed by atoms with Crippen molar-refractivity contribution in [2.24, 2.45) is 0 Å². The molecule has 0 radical (unpaired) electrons.